The number of rotatable bonds is 4. The van der Waals surface area contributed by atoms with Crippen LogP contribution in [0.5, 0.6) is 0 Å². The lowest BCUT2D eigenvalue weighted by atomic mass is 9.43. The molecule has 4 N–H and O–H groups in total. The highest BCUT2D eigenvalue weighted by Crippen LogP contribution is 2.68. The summed E-state index contributed by atoms with van der Waals surface area (Å²) in [5, 5.41) is 19.6. The van der Waals surface area contributed by atoms with E-state index in [1.807, 2.05) is 6.92 Å². The Balaban J connectivity index is 1.58. The van der Waals surface area contributed by atoms with Gasteiger partial charge in [-0.15, -0.1) is 0 Å². The van der Waals surface area contributed by atoms with Crippen LogP contribution in [0.4, 0.5) is 4.79 Å². The highest BCUT2D eigenvalue weighted by Gasteiger charge is 2.63. The molecule has 4 rings (SSSR count). The number of aliphatic hydroxyl groups excluding tert-OH is 1. The van der Waals surface area contributed by atoms with Crippen molar-refractivity contribution < 1.29 is 24.5 Å². The summed E-state index contributed by atoms with van der Waals surface area (Å²) >= 11 is 0. The Kier molecular flexibility index (Phi) is 5.40. The molecule has 4 saturated carbocycles. The summed E-state index contributed by atoms with van der Waals surface area (Å²) in [7, 11) is 0. The van der Waals surface area contributed by atoms with Crippen LogP contribution < -0.4 is 5.73 Å². The van der Waals surface area contributed by atoms with Gasteiger partial charge in [0.15, 0.2) is 0 Å². The van der Waals surface area contributed by atoms with Gasteiger partial charge >= 0.3 is 12.1 Å². The molecule has 0 aromatic rings. The van der Waals surface area contributed by atoms with E-state index in [0.29, 0.717) is 23.7 Å². The predicted molar refractivity (Wildman–Crippen MR) is 113 cm³/mol. The van der Waals surface area contributed by atoms with Crippen molar-refractivity contribution in [2.45, 2.75) is 84.2 Å². The van der Waals surface area contributed by atoms with Crippen molar-refractivity contribution in [3.05, 3.63) is 0 Å². The molecular formula is C24H39NO5. The molecule has 0 bridgehead atoms. The monoisotopic (exact) mass is 421 g/mol. The van der Waals surface area contributed by atoms with Crippen LogP contribution in [-0.4, -0.2) is 34.5 Å². The summed E-state index contributed by atoms with van der Waals surface area (Å²) in [6, 6.07) is 0. The van der Waals surface area contributed by atoms with Crippen LogP contribution in [-0.2, 0) is 9.53 Å². The number of carboxylic acids is 1. The maximum atomic E-state index is 11.9. The lowest BCUT2D eigenvalue weighted by molar-refractivity contribution is -0.170. The molecule has 0 aliphatic heterocycles. The molecule has 0 aromatic carbocycles. The summed E-state index contributed by atoms with van der Waals surface area (Å²) in [5.74, 6) is 1.24. The number of hydrogen-bond acceptors (Lipinski definition) is 4. The molecule has 4 aliphatic carbocycles. The summed E-state index contributed by atoms with van der Waals surface area (Å²) in [6.07, 6.45) is 7.96. The minimum absolute atomic E-state index is 0.0141. The summed E-state index contributed by atoms with van der Waals surface area (Å²) < 4.78 is 5.70. The second-order valence-electron chi connectivity index (χ2n) is 11.4. The number of primary amides is 1. The third-order valence-electron chi connectivity index (χ3n) is 10.5. The average Bonchev–Trinajstić information content (AvgIpc) is 3.04. The number of nitrogens with two attached hydrogens (primary N) is 1. The summed E-state index contributed by atoms with van der Waals surface area (Å²) in [6.45, 7) is 6.61. The zero-order valence-electron chi connectivity index (χ0n) is 18.7. The molecule has 0 heterocycles. The molecule has 0 aromatic heterocycles. The van der Waals surface area contributed by atoms with E-state index in [1.165, 1.54) is 0 Å². The Labute approximate surface area is 179 Å². The fourth-order valence-corrected chi connectivity index (χ4v) is 8.67. The van der Waals surface area contributed by atoms with Gasteiger partial charge in [0.25, 0.3) is 0 Å². The molecule has 9 atom stereocenters. The van der Waals surface area contributed by atoms with E-state index in [2.05, 4.69) is 13.8 Å². The Hall–Kier alpha value is -1.30. The largest absolute Gasteiger partial charge is 0.481 e. The maximum absolute atomic E-state index is 11.9. The van der Waals surface area contributed by atoms with Gasteiger partial charge < -0.3 is 20.7 Å². The number of amides is 1. The fourth-order valence-electron chi connectivity index (χ4n) is 8.67. The van der Waals surface area contributed by atoms with Crippen LogP contribution in [0.15, 0.2) is 0 Å². The highest BCUT2D eigenvalue weighted by atomic mass is 16.6. The molecule has 6 nitrogen and oxygen atoms in total. The van der Waals surface area contributed by atoms with Gasteiger partial charge in [-0.1, -0.05) is 20.8 Å². The number of aliphatic carboxylic acids is 1. The molecule has 0 spiro atoms. The Bertz CT molecular complexity index is 712. The lowest BCUT2D eigenvalue weighted by Gasteiger charge is -2.62. The van der Waals surface area contributed by atoms with Crippen molar-refractivity contribution in [2.75, 3.05) is 6.61 Å². The van der Waals surface area contributed by atoms with Crippen LogP contribution in [0.3, 0.4) is 0 Å². The van der Waals surface area contributed by atoms with E-state index < -0.39 is 17.7 Å². The van der Waals surface area contributed by atoms with Crippen LogP contribution in [0.1, 0.15) is 78.6 Å². The Morgan fingerprint density at radius 3 is 2.37 bits per heavy atom. The van der Waals surface area contributed by atoms with Crippen molar-refractivity contribution in [3.63, 3.8) is 0 Å². The van der Waals surface area contributed by atoms with E-state index in [1.54, 1.807) is 0 Å². The van der Waals surface area contributed by atoms with Gasteiger partial charge in [0.1, 0.15) is 5.60 Å². The smallest absolute Gasteiger partial charge is 0.405 e. The minimum atomic E-state index is -0.744. The van der Waals surface area contributed by atoms with E-state index in [-0.39, 0.29) is 29.3 Å². The van der Waals surface area contributed by atoms with E-state index in [4.69, 9.17) is 10.5 Å². The Morgan fingerprint density at radius 1 is 1.03 bits per heavy atom. The highest BCUT2D eigenvalue weighted by molar-refractivity contribution is 5.71. The maximum Gasteiger partial charge on any atom is 0.405 e. The third kappa shape index (κ3) is 3.08. The summed E-state index contributed by atoms with van der Waals surface area (Å²) in [4.78, 5) is 23.6. The first kappa shape index (κ1) is 21.9. The first-order valence-electron chi connectivity index (χ1n) is 11.9. The summed E-state index contributed by atoms with van der Waals surface area (Å²) in [5.41, 5.74) is 4.89. The van der Waals surface area contributed by atoms with Gasteiger partial charge in [0.2, 0.25) is 0 Å². The molecule has 170 valence electrons. The molecular weight excluding hydrogens is 382 g/mol. The predicted octanol–water partition coefficient (Wildman–Crippen LogP) is 4.19. The van der Waals surface area contributed by atoms with Gasteiger partial charge in [-0.05, 0) is 92.3 Å². The average molecular weight is 422 g/mol. The van der Waals surface area contributed by atoms with Gasteiger partial charge in [-0.3, -0.25) is 4.79 Å². The van der Waals surface area contributed by atoms with E-state index >= 15 is 0 Å². The number of fused-ring (bicyclic) bond motifs is 5. The van der Waals surface area contributed by atoms with Crippen molar-refractivity contribution in [3.8, 4) is 0 Å². The molecule has 4 fully saturated rings. The SMILES string of the molecule is CC(CO)C1(OC(N)=O)CC[C@@]2(C)C(CC[C@@H]3[C@@H]2CC[C@]2(C)C(C(=O)O)CC[C@@H]32)C1. The third-order valence-corrected chi connectivity index (χ3v) is 10.5. The van der Waals surface area contributed by atoms with Crippen LogP contribution >= 0.6 is 0 Å². The zero-order valence-corrected chi connectivity index (χ0v) is 18.7. The van der Waals surface area contributed by atoms with Crippen molar-refractivity contribution in [1.82, 2.24) is 0 Å². The molecule has 1 amide bonds. The van der Waals surface area contributed by atoms with Crippen LogP contribution in [0.2, 0.25) is 0 Å². The van der Waals surface area contributed by atoms with E-state index in [0.717, 1.165) is 57.8 Å². The zero-order chi connectivity index (χ0) is 21.9. The molecule has 0 saturated heterocycles. The van der Waals surface area contributed by atoms with Gasteiger partial charge in [-0.2, -0.15) is 0 Å². The van der Waals surface area contributed by atoms with Crippen molar-refractivity contribution in [2.24, 2.45) is 52.1 Å². The molecule has 4 aliphatic rings. The van der Waals surface area contributed by atoms with Crippen molar-refractivity contribution >= 4 is 12.1 Å². The normalized spacial score (nSPS) is 48.7. The number of carbonyl (C=O) groups is 2. The van der Waals surface area contributed by atoms with Crippen molar-refractivity contribution in [1.29, 1.82) is 0 Å². The number of carboxylic acid groups (broad SMARTS) is 1. The van der Waals surface area contributed by atoms with Gasteiger partial charge in [0.05, 0.1) is 5.92 Å². The van der Waals surface area contributed by atoms with E-state index in [9.17, 15) is 19.8 Å². The number of carbonyl (C=O) groups excluding carboxylic acids is 1. The second kappa shape index (κ2) is 7.39. The lowest BCUT2D eigenvalue weighted by Crippen LogP contribution is -2.58. The van der Waals surface area contributed by atoms with Gasteiger partial charge in [-0.25, -0.2) is 4.79 Å². The molecule has 4 unspecified atom stereocenters. The first-order valence-corrected chi connectivity index (χ1v) is 11.9. The minimum Gasteiger partial charge on any atom is -0.481 e. The van der Waals surface area contributed by atoms with Crippen LogP contribution in [0, 0.1) is 46.3 Å². The fraction of sp³-hybridized carbons (Fsp3) is 0.917. The standard InChI is InChI=1S/C24H39NO5/c1-14(13-26)24(30-21(25)29)11-10-22(2)15(12-24)4-5-16-17-6-7-19(20(27)28)23(17,3)9-8-18(16)22/h14-19,26H,4-13H2,1-3H3,(H2,25,29)(H,27,28)/t14?,15?,16-,17-,18-,19?,22-,23-,24?/m0/s1. The Morgan fingerprint density at radius 2 is 1.73 bits per heavy atom. The quantitative estimate of drug-likeness (QED) is 0.630. The van der Waals surface area contributed by atoms with Crippen LogP contribution in [0.25, 0.3) is 0 Å². The number of aliphatic hydroxyl groups is 1. The molecule has 30 heavy (non-hydrogen) atoms. The number of ether oxygens (including phenoxy) is 1. The van der Waals surface area contributed by atoms with Gasteiger partial charge in [0, 0.05) is 12.5 Å². The molecule has 0 radical (unpaired) electrons. The second-order valence-corrected chi connectivity index (χ2v) is 11.4. The topological polar surface area (TPSA) is 110 Å². The number of hydrogen-bond donors (Lipinski definition) is 3. The first-order chi connectivity index (χ1) is 14.1. The molecule has 6 heteroatoms.